The normalized spacial score (nSPS) is 11.1. The summed E-state index contributed by atoms with van der Waals surface area (Å²) in [5.74, 6) is 2.52. The summed E-state index contributed by atoms with van der Waals surface area (Å²) < 4.78 is 2.02. The summed E-state index contributed by atoms with van der Waals surface area (Å²) in [6, 6.07) is 16.6. The van der Waals surface area contributed by atoms with Crippen LogP contribution in [0.15, 0.2) is 48.5 Å². The third-order valence-electron chi connectivity index (χ3n) is 5.04. The highest BCUT2D eigenvalue weighted by Gasteiger charge is 2.12. The fourth-order valence-corrected chi connectivity index (χ4v) is 3.48. The molecule has 4 rings (SSSR count). The van der Waals surface area contributed by atoms with Gasteiger partial charge in [-0.05, 0) is 40.1 Å². The van der Waals surface area contributed by atoms with Crippen LogP contribution in [0.3, 0.4) is 0 Å². The van der Waals surface area contributed by atoms with Crippen LogP contribution in [-0.4, -0.2) is 41.9 Å². The number of nitrogens with two attached hydrogens (primary N) is 1. The monoisotopic (exact) mass is 402 g/mol. The Morgan fingerprint density at radius 2 is 1.80 bits per heavy atom. The molecule has 0 radical (unpaired) electrons. The van der Waals surface area contributed by atoms with Crippen LogP contribution < -0.4 is 5.73 Å². The molecule has 0 spiro atoms. The highest BCUT2D eigenvalue weighted by molar-refractivity contribution is 5.80. The molecule has 0 saturated heterocycles. The first-order valence-corrected chi connectivity index (χ1v) is 10.3. The number of aromatic nitrogens is 7. The summed E-state index contributed by atoms with van der Waals surface area (Å²) in [4.78, 5) is 4.69. The zero-order valence-electron chi connectivity index (χ0n) is 17.1. The van der Waals surface area contributed by atoms with Gasteiger partial charge in [-0.25, -0.2) is 14.8 Å². The van der Waals surface area contributed by atoms with Gasteiger partial charge in [0.2, 0.25) is 0 Å². The van der Waals surface area contributed by atoms with E-state index < -0.39 is 0 Å². The fraction of sp³-hybridized carbons (Fsp3) is 0.318. The van der Waals surface area contributed by atoms with E-state index in [1.54, 1.807) is 0 Å². The van der Waals surface area contributed by atoms with Crippen molar-refractivity contribution in [3.8, 4) is 22.5 Å². The van der Waals surface area contributed by atoms with Crippen LogP contribution in [0.4, 0.5) is 0 Å². The van der Waals surface area contributed by atoms with Crippen LogP contribution in [0.25, 0.3) is 22.5 Å². The van der Waals surface area contributed by atoms with Crippen molar-refractivity contribution in [2.45, 2.75) is 39.2 Å². The van der Waals surface area contributed by atoms with Crippen LogP contribution in [-0.2, 0) is 19.4 Å². The Balaban J connectivity index is 1.57. The van der Waals surface area contributed by atoms with Gasteiger partial charge in [0, 0.05) is 18.4 Å². The summed E-state index contributed by atoms with van der Waals surface area (Å²) in [5.41, 5.74) is 10.0. The summed E-state index contributed by atoms with van der Waals surface area (Å²) in [6.45, 7) is 3.45. The Bertz CT molecular complexity index is 1070. The number of benzene rings is 2. The van der Waals surface area contributed by atoms with Crippen LogP contribution in [0.2, 0.25) is 0 Å². The second-order valence-corrected chi connectivity index (χ2v) is 7.24. The summed E-state index contributed by atoms with van der Waals surface area (Å²) in [7, 11) is 0. The average molecular weight is 403 g/mol. The second kappa shape index (κ2) is 9.41. The molecule has 154 valence electrons. The van der Waals surface area contributed by atoms with E-state index in [0.29, 0.717) is 25.3 Å². The van der Waals surface area contributed by atoms with E-state index in [0.717, 1.165) is 47.6 Å². The molecule has 0 atom stereocenters. The molecule has 30 heavy (non-hydrogen) atoms. The smallest absolute Gasteiger partial charge is 0.180 e. The number of aromatic amines is 1. The van der Waals surface area contributed by atoms with Crippen molar-refractivity contribution in [1.82, 2.24) is 35.4 Å². The van der Waals surface area contributed by atoms with E-state index in [2.05, 4.69) is 68.0 Å². The Hall–Kier alpha value is -3.39. The summed E-state index contributed by atoms with van der Waals surface area (Å²) in [5, 5.41) is 19.0. The molecule has 8 nitrogen and oxygen atoms in total. The molecule has 2 aromatic carbocycles. The van der Waals surface area contributed by atoms with Crippen molar-refractivity contribution >= 4 is 0 Å². The minimum absolute atomic E-state index is 0.562. The number of hydrogen-bond donors (Lipinski definition) is 2. The van der Waals surface area contributed by atoms with Crippen LogP contribution in [0.5, 0.6) is 0 Å². The first kappa shape index (κ1) is 19.9. The van der Waals surface area contributed by atoms with Gasteiger partial charge in [0.1, 0.15) is 5.82 Å². The van der Waals surface area contributed by atoms with Crippen molar-refractivity contribution in [2.75, 3.05) is 6.54 Å². The predicted octanol–water partition coefficient (Wildman–Crippen LogP) is 3.02. The van der Waals surface area contributed by atoms with Crippen molar-refractivity contribution in [1.29, 1.82) is 0 Å². The maximum atomic E-state index is 5.69. The van der Waals surface area contributed by atoms with E-state index in [-0.39, 0.29) is 0 Å². The molecule has 0 amide bonds. The highest BCUT2D eigenvalue weighted by atomic mass is 15.5. The SMILES string of the molecule is CCCCc1nc(CCN)nn1Cc1ccc(-c2ccccc2-c2nnn[nH]2)cc1. The summed E-state index contributed by atoms with van der Waals surface area (Å²) >= 11 is 0. The number of nitrogens with one attached hydrogen (secondary N) is 1. The molecule has 0 aliphatic rings. The quantitative estimate of drug-likeness (QED) is 0.445. The third-order valence-corrected chi connectivity index (χ3v) is 5.04. The molecule has 0 saturated carbocycles. The molecule has 2 heterocycles. The minimum atomic E-state index is 0.562. The fourth-order valence-electron chi connectivity index (χ4n) is 3.48. The number of aryl methyl sites for hydroxylation is 1. The van der Waals surface area contributed by atoms with Gasteiger partial charge in [0.25, 0.3) is 0 Å². The van der Waals surface area contributed by atoms with E-state index in [4.69, 9.17) is 5.73 Å². The predicted molar refractivity (Wildman–Crippen MR) is 116 cm³/mol. The molecule has 4 aromatic rings. The van der Waals surface area contributed by atoms with Crippen molar-refractivity contribution in [3.63, 3.8) is 0 Å². The molecule has 0 unspecified atom stereocenters. The number of H-pyrrole nitrogens is 1. The van der Waals surface area contributed by atoms with Gasteiger partial charge < -0.3 is 5.73 Å². The number of hydrogen-bond acceptors (Lipinski definition) is 6. The Labute approximate surface area is 175 Å². The first-order chi connectivity index (χ1) is 14.8. The molecular weight excluding hydrogens is 376 g/mol. The van der Waals surface area contributed by atoms with E-state index in [1.807, 2.05) is 22.9 Å². The van der Waals surface area contributed by atoms with Gasteiger partial charge in [0.05, 0.1) is 6.54 Å². The van der Waals surface area contributed by atoms with E-state index in [9.17, 15) is 0 Å². The average Bonchev–Trinajstić information content (AvgIpc) is 3.44. The maximum absolute atomic E-state index is 5.69. The topological polar surface area (TPSA) is 111 Å². The molecule has 0 aliphatic heterocycles. The van der Waals surface area contributed by atoms with Gasteiger partial charge in [0.15, 0.2) is 11.6 Å². The van der Waals surface area contributed by atoms with Crippen molar-refractivity contribution < 1.29 is 0 Å². The number of nitrogens with zero attached hydrogens (tertiary/aromatic N) is 6. The van der Waals surface area contributed by atoms with E-state index in [1.165, 1.54) is 5.56 Å². The second-order valence-electron chi connectivity index (χ2n) is 7.24. The Morgan fingerprint density at radius 1 is 1.00 bits per heavy atom. The zero-order chi connectivity index (χ0) is 20.8. The molecule has 0 fully saturated rings. The maximum Gasteiger partial charge on any atom is 0.180 e. The lowest BCUT2D eigenvalue weighted by molar-refractivity contribution is 0.614. The minimum Gasteiger partial charge on any atom is -0.330 e. The van der Waals surface area contributed by atoms with E-state index >= 15 is 0 Å². The number of rotatable bonds is 9. The first-order valence-electron chi connectivity index (χ1n) is 10.3. The zero-order valence-corrected chi connectivity index (χ0v) is 17.1. The molecule has 0 bridgehead atoms. The molecular formula is C22H26N8. The Kier molecular flexibility index (Phi) is 6.24. The van der Waals surface area contributed by atoms with Gasteiger partial charge >= 0.3 is 0 Å². The number of tetrazole rings is 1. The third kappa shape index (κ3) is 4.44. The van der Waals surface area contributed by atoms with Crippen molar-refractivity contribution in [2.24, 2.45) is 5.73 Å². The van der Waals surface area contributed by atoms with Gasteiger partial charge in [-0.3, -0.25) is 0 Å². The standard InChI is InChI=1S/C22H26N8/c1-2-3-8-21-24-20(13-14-23)27-30(21)15-16-9-11-17(12-10-16)18-6-4-5-7-19(18)22-25-28-29-26-22/h4-7,9-12H,2-3,8,13-15,23H2,1H3,(H,25,26,28,29). The molecule has 2 aromatic heterocycles. The van der Waals surface area contributed by atoms with Gasteiger partial charge in [-0.15, -0.1) is 5.10 Å². The largest absolute Gasteiger partial charge is 0.330 e. The van der Waals surface area contributed by atoms with Crippen molar-refractivity contribution in [3.05, 3.63) is 65.7 Å². The lowest BCUT2D eigenvalue weighted by Crippen LogP contribution is -2.08. The van der Waals surface area contributed by atoms with Crippen LogP contribution in [0.1, 0.15) is 37.0 Å². The Morgan fingerprint density at radius 3 is 2.50 bits per heavy atom. The molecule has 3 N–H and O–H groups in total. The lowest BCUT2D eigenvalue weighted by Gasteiger charge is -2.09. The van der Waals surface area contributed by atoms with Gasteiger partial charge in [-0.2, -0.15) is 5.10 Å². The van der Waals surface area contributed by atoms with Gasteiger partial charge in [-0.1, -0.05) is 61.9 Å². The highest BCUT2D eigenvalue weighted by Crippen LogP contribution is 2.29. The summed E-state index contributed by atoms with van der Waals surface area (Å²) in [6.07, 6.45) is 3.88. The molecule has 8 heteroatoms. The lowest BCUT2D eigenvalue weighted by atomic mass is 9.98. The van der Waals surface area contributed by atoms with Crippen LogP contribution in [0, 0.1) is 0 Å². The number of unbranched alkanes of at least 4 members (excludes halogenated alkanes) is 1. The molecule has 0 aliphatic carbocycles. The van der Waals surface area contributed by atoms with Crippen LogP contribution >= 0.6 is 0 Å².